The van der Waals surface area contributed by atoms with Gasteiger partial charge in [-0.2, -0.15) is 5.26 Å². The molecule has 4 aromatic rings. The summed E-state index contributed by atoms with van der Waals surface area (Å²) in [6.07, 6.45) is 6.85. The molecular weight excluding hydrogens is 374 g/mol. The molecular formula is C23H21N7. The molecule has 0 unspecified atom stereocenters. The number of hydrogen-bond donors (Lipinski definition) is 2. The molecule has 2 aromatic carbocycles. The van der Waals surface area contributed by atoms with E-state index in [9.17, 15) is 5.26 Å². The van der Waals surface area contributed by atoms with Crippen LogP contribution in [-0.2, 0) is 5.54 Å². The second-order valence-electron chi connectivity index (χ2n) is 7.48. The number of nitriles is 1. The molecule has 0 aliphatic heterocycles. The fourth-order valence-corrected chi connectivity index (χ4v) is 3.13. The number of nitrogens with zero attached hydrogens (tertiary/aromatic N) is 5. The molecule has 0 amide bonds. The fourth-order valence-electron chi connectivity index (χ4n) is 3.13. The predicted molar refractivity (Wildman–Crippen MR) is 116 cm³/mol. The van der Waals surface area contributed by atoms with Crippen LogP contribution >= 0.6 is 0 Å². The minimum absolute atomic E-state index is 0.403. The number of aromatic nitrogens is 4. The summed E-state index contributed by atoms with van der Waals surface area (Å²) in [6, 6.07) is 17.7. The van der Waals surface area contributed by atoms with Gasteiger partial charge in [-0.25, -0.2) is 15.0 Å². The molecule has 0 bridgehead atoms. The molecule has 7 heteroatoms. The minimum Gasteiger partial charge on any atom is -0.322 e. The molecule has 3 N–H and O–H groups in total. The van der Waals surface area contributed by atoms with Gasteiger partial charge >= 0.3 is 0 Å². The van der Waals surface area contributed by atoms with Crippen molar-refractivity contribution in [2.24, 2.45) is 5.73 Å². The van der Waals surface area contributed by atoms with Crippen LogP contribution in [0.5, 0.6) is 0 Å². The highest BCUT2D eigenvalue weighted by Gasteiger charge is 2.16. The zero-order valence-corrected chi connectivity index (χ0v) is 16.7. The van der Waals surface area contributed by atoms with E-state index in [4.69, 9.17) is 5.73 Å². The van der Waals surface area contributed by atoms with Gasteiger partial charge in [-0.15, -0.1) is 0 Å². The van der Waals surface area contributed by atoms with Crippen molar-refractivity contribution < 1.29 is 0 Å². The zero-order valence-electron chi connectivity index (χ0n) is 16.7. The first-order valence-corrected chi connectivity index (χ1v) is 9.47. The Labute approximate surface area is 174 Å². The minimum atomic E-state index is -0.438. The Morgan fingerprint density at radius 3 is 2.53 bits per heavy atom. The molecule has 30 heavy (non-hydrogen) atoms. The second kappa shape index (κ2) is 7.78. The third-order valence-electron chi connectivity index (χ3n) is 4.74. The highest BCUT2D eigenvalue weighted by molar-refractivity contribution is 5.70. The topological polar surface area (TPSA) is 105 Å². The van der Waals surface area contributed by atoms with Crippen molar-refractivity contribution in [1.29, 1.82) is 5.26 Å². The largest absolute Gasteiger partial charge is 0.322 e. The lowest BCUT2D eigenvalue weighted by Gasteiger charge is -2.19. The van der Waals surface area contributed by atoms with Gasteiger partial charge in [0, 0.05) is 23.5 Å². The fraction of sp³-hybridized carbons (Fsp3) is 0.130. The summed E-state index contributed by atoms with van der Waals surface area (Å²) in [5, 5.41) is 12.8. The highest BCUT2D eigenvalue weighted by atomic mass is 15.1. The smallest absolute Gasteiger partial charge is 0.227 e. The van der Waals surface area contributed by atoms with E-state index in [2.05, 4.69) is 26.3 Å². The van der Waals surface area contributed by atoms with E-state index in [1.807, 2.05) is 73.1 Å². The summed E-state index contributed by atoms with van der Waals surface area (Å²) in [5.74, 6) is 0.403. The first-order chi connectivity index (χ1) is 14.5. The average molecular weight is 395 g/mol. The molecule has 148 valence electrons. The van der Waals surface area contributed by atoms with Crippen LogP contribution in [0, 0.1) is 11.3 Å². The van der Waals surface area contributed by atoms with Crippen molar-refractivity contribution >= 4 is 11.6 Å². The van der Waals surface area contributed by atoms with Crippen LogP contribution in [0.4, 0.5) is 11.6 Å². The van der Waals surface area contributed by atoms with Gasteiger partial charge in [-0.3, -0.25) is 0 Å². The molecule has 7 nitrogen and oxygen atoms in total. The molecule has 0 saturated heterocycles. The van der Waals surface area contributed by atoms with E-state index in [0.717, 1.165) is 22.5 Å². The quantitative estimate of drug-likeness (QED) is 0.526. The monoisotopic (exact) mass is 395 g/mol. The van der Waals surface area contributed by atoms with Crippen molar-refractivity contribution in [2.45, 2.75) is 19.4 Å². The van der Waals surface area contributed by atoms with Crippen molar-refractivity contribution in [3.63, 3.8) is 0 Å². The molecule has 0 spiro atoms. The maximum absolute atomic E-state index is 9.53. The molecule has 0 saturated carbocycles. The van der Waals surface area contributed by atoms with E-state index in [1.54, 1.807) is 12.5 Å². The SMILES string of the molecule is CC(C)(N)c1ccc(-c2nc(Nc3ccccc3-n3ccnc3)ncc2C#N)cc1. The van der Waals surface area contributed by atoms with Gasteiger partial charge in [0.15, 0.2) is 0 Å². The Kier molecular flexibility index (Phi) is 5.00. The summed E-state index contributed by atoms with van der Waals surface area (Å²) in [7, 11) is 0. The highest BCUT2D eigenvalue weighted by Crippen LogP contribution is 2.27. The van der Waals surface area contributed by atoms with Gasteiger partial charge in [-0.05, 0) is 31.5 Å². The van der Waals surface area contributed by atoms with Crippen molar-refractivity contribution in [1.82, 2.24) is 19.5 Å². The Hall–Kier alpha value is -4.02. The van der Waals surface area contributed by atoms with Crippen LogP contribution in [0.25, 0.3) is 16.9 Å². The molecule has 0 fully saturated rings. The van der Waals surface area contributed by atoms with Crippen LogP contribution in [0.1, 0.15) is 25.0 Å². The summed E-state index contributed by atoms with van der Waals surface area (Å²) in [4.78, 5) is 13.0. The number of hydrogen-bond acceptors (Lipinski definition) is 6. The van der Waals surface area contributed by atoms with Crippen molar-refractivity contribution in [3.8, 4) is 23.0 Å². The Bertz CT molecular complexity index is 1200. The lowest BCUT2D eigenvalue weighted by atomic mass is 9.94. The van der Waals surface area contributed by atoms with Gasteiger partial charge in [-0.1, -0.05) is 36.4 Å². The molecule has 0 atom stereocenters. The third kappa shape index (κ3) is 3.90. The first kappa shape index (κ1) is 19.3. The number of anilines is 2. The maximum Gasteiger partial charge on any atom is 0.227 e. The van der Waals surface area contributed by atoms with Crippen molar-refractivity contribution in [3.05, 3.63) is 84.6 Å². The Balaban J connectivity index is 1.71. The molecule has 2 aromatic heterocycles. The maximum atomic E-state index is 9.53. The van der Waals surface area contributed by atoms with Crippen LogP contribution in [-0.4, -0.2) is 19.5 Å². The third-order valence-corrected chi connectivity index (χ3v) is 4.74. The van der Waals surface area contributed by atoms with Crippen molar-refractivity contribution in [2.75, 3.05) is 5.32 Å². The van der Waals surface area contributed by atoms with Gasteiger partial charge in [0.2, 0.25) is 5.95 Å². The first-order valence-electron chi connectivity index (χ1n) is 9.47. The van der Waals surface area contributed by atoms with E-state index < -0.39 is 5.54 Å². The van der Waals surface area contributed by atoms with E-state index >= 15 is 0 Å². The van der Waals surface area contributed by atoms with Crippen LogP contribution < -0.4 is 11.1 Å². The summed E-state index contributed by atoms with van der Waals surface area (Å²) in [5.41, 5.74) is 10.3. The standard InChI is InChI=1S/C23H21N7/c1-23(2,25)18-9-7-16(8-10-18)21-17(13-24)14-27-22(29-21)28-19-5-3-4-6-20(19)30-12-11-26-15-30/h3-12,14-15H,25H2,1-2H3,(H,27,28,29). The average Bonchev–Trinajstić information content (AvgIpc) is 3.28. The van der Waals surface area contributed by atoms with Gasteiger partial charge in [0.25, 0.3) is 0 Å². The molecule has 2 heterocycles. The van der Waals surface area contributed by atoms with E-state index in [-0.39, 0.29) is 0 Å². The summed E-state index contributed by atoms with van der Waals surface area (Å²) in [6.45, 7) is 3.90. The zero-order chi connectivity index (χ0) is 21.1. The normalized spacial score (nSPS) is 11.1. The number of imidazole rings is 1. The predicted octanol–water partition coefficient (Wildman–Crippen LogP) is 4.14. The van der Waals surface area contributed by atoms with Gasteiger partial charge in [0.1, 0.15) is 6.07 Å². The van der Waals surface area contributed by atoms with Crippen LogP contribution in [0.15, 0.2) is 73.4 Å². The number of nitrogens with two attached hydrogens (primary N) is 1. The number of nitrogens with one attached hydrogen (secondary N) is 1. The second-order valence-corrected chi connectivity index (χ2v) is 7.48. The number of benzene rings is 2. The molecule has 0 aliphatic rings. The van der Waals surface area contributed by atoms with E-state index in [1.165, 1.54) is 6.20 Å². The summed E-state index contributed by atoms with van der Waals surface area (Å²) < 4.78 is 1.90. The van der Waals surface area contributed by atoms with Crippen LogP contribution in [0.3, 0.4) is 0 Å². The van der Waals surface area contributed by atoms with Gasteiger partial charge in [0.05, 0.1) is 35.2 Å². The number of rotatable bonds is 5. The van der Waals surface area contributed by atoms with Gasteiger partial charge < -0.3 is 15.6 Å². The molecule has 4 rings (SSSR count). The Morgan fingerprint density at radius 2 is 1.87 bits per heavy atom. The lowest BCUT2D eigenvalue weighted by molar-refractivity contribution is 0.554. The summed E-state index contributed by atoms with van der Waals surface area (Å²) >= 11 is 0. The van der Waals surface area contributed by atoms with Crippen LogP contribution in [0.2, 0.25) is 0 Å². The lowest BCUT2D eigenvalue weighted by Crippen LogP contribution is -2.28. The molecule has 0 aliphatic carbocycles. The molecule has 0 radical (unpaired) electrons. The Morgan fingerprint density at radius 1 is 1.10 bits per heavy atom. The number of para-hydroxylation sites is 2. The van der Waals surface area contributed by atoms with E-state index in [0.29, 0.717) is 17.2 Å².